The van der Waals surface area contributed by atoms with E-state index in [0.717, 1.165) is 12.4 Å². The van der Waals surface area contributed by atoms with Crippen LogP contribution in [0.3, 0.4) is 0 Å². The van der Waals surface area contributed by atoms with Gasteiger partial charge in [-0.1, -0.05) is 12.1 Å². The standard InChI is InChI=1S/C9H8O4.C6H12N2/c1-13-9(12)7-5-3-2-4-6(7)8(10)11;1-5-4-8(3)6(2)7-5/h2-5H,1H3,(H,10,11);5H,4H2,1-3H3. The second kappa shape index (κ2) is 7.42. The van der Waals surface area contributed by atoms with Gasteiger partial charge in [-0.15, -0.1) is 0 Å². The van der Waals surface area contributed by atoms with Crippen LogP contribution in [-0.2, 0) is 4.74 Å². The van der Waals surface area contributed by atoms with Gasteiger partial charge in [0.05, 0.1) is 30.1 Å². The van der Waals surface area contributed by atoms with Gasteiger partial charge in [-0.05, 0) is 26.0 Å². The molecule has 1 aliphatic rings. The fraction of sp³-hybridized carbons (Fsp3) is 0.400. The van der Waals surface area contributed by atoms with Crippen LogP contribution in [0.15, 0.2) is 29.3 Å². The van der Waals surface area contributed by atoms with Crippen LogP contribution in [0.2, 0.25) is 0 Å². The molecule has 0 saturated heterocycles. The number of rotatable bonds is 2. The van der Waals surface area contributed by atoms with Crippen molar-refractivity contribution in [2.75, 3.05) is 20.7 Å². The van der Waals surface area contributed by atoms with Crippen molar-refractivity contribution >= 4 is 17.8 Å². The highest BCUT2D eigenvalue weighted by Crippen LogP contribution is 2.09. The van der Waals surface area contributed by atoms with Gasteiger partial charge in [0, 0.05) is 13.6 Å². The summed E-state index contributed by atoms with van der Waals surface area (Å²) >= 11 is 0. The molecule has 1 heterocycles. The number of esters is 1. The summed E-state index contributed by atoms with van der Waals surface area (Å²) in [5, 5.41) is 8.70. The summed E-state index contributed by atoms with van der Waals surface area (Å²) < 4.78 is 4.42. The molecular weight excluding hydrogens is 272 g/mol. The van der Waals surface area contributed by atoms with E-state index < -0.39 is 11.9 Å². The van der Waals surface area contributed by atoms with Crippen molar-refractivity contribution in [1.82, 2.24) is 4.90 Å². The van der Waals surface area contributed by atoms with Crippen LogP contribution < -0.4 is 0 Å². The molecule has 0 saturated carbocycles. The average Bonchev–Trinajstić information content (AvgIpc) is 2.75. The van der Waals surface area contributed by atoms with E-state index in [1.807, 2.05) is 6.92 Å². The van der Waals surface area contributed by atoms with Gasteiger partial charge in [-0.25, -0.2) is 9.59 Å². The number of carboxylic acids is 1. The molecule has 6 heteroatoms. The minimum atomic E-state index is -1.14. The molecule has 0 amide bonds. The first kappa shape index (κ1) is 16.7. The summed E-state index contributed by atoms with van der Waals surface area (Å²) in [4.78, 5) is 28.2. The van der Waals surface area contributed by atoms with Gasteiger partial charge < -0.3 is 14.7 Å². The Hall–Kier alpha value is -2.37. The molecule has 0 bridgehead atoms. The summed E-state index contributed by atoms with van der Waals surface area (Å²) in [6.45, 7) is 5.27. The van der Waals surface area contributed by atoms with Gasteiger partial charge >= 0.3 is 11.9 Å². The van der Waals surface area contributed by atoms with E-state index in [-0.39, 0.29) is 11.1 Å². The van der Waals surface area contributed by atoms with Crippen LogP contribution in [-0.4, -0.2) is 54.5 Å². The molecule has 6 nitrogen and oxygen atoms in total. The molecule has 1 aliphatic heterocycles. The average molecular weight is 292 g/mol. The van der Waals surface area contributed by atoms with E-state index in [0.29, 0.717) is 6.04 Å². The first-order valence-electron chi connectivity index (χ1n) is 6.53. The maximum Gasteiger partial charge on any atom is 0.338 e. The predicted molar refractivity (Wildman–Crippen MR) is 79.9 cm³/mol. The number of nitrogens with zero attached hydrogens (tertiary/aromatic N) is 2. The smallest absolute Gasteiger partial charge is 0.338 e. The minimum absolute atomic E-state index is 0.0469. The van der Waals surface area contributed by atoms with E-state index in [1.165, 1.54) is 19.2 Å². The van der Waals surface area contributed by atoms with Crippen LogP contribution in [0.5, 0.6) is 0 Å². The Morgan fingerprint density at radius 3 is 2.24 bits per heavy atom. The normalized spacial score (nSPS) is 16.7. The molecule has 2 rings (SSSR count). The van der Waals surface area contributed by atoms with E-state index in [1.54, 1.807) is 12.1 Å². The van der Waals surface area contributed by atoms with Crippen molar-refractivity contribution in [3.05, 3.63) is 35.4 Å². The molecule has 0 spiro atoms. The summed E-state index contributed by atoms with van der Waals surface area (Å²) in [6, 6.07) is 6.42. The van der Waals surface area contributed by atoms with Crippen molar-refractivity contribution in [3.8, 4) is 0 Å². The molecule has 1 unspecified atom stereocenters. The number of aromatic carboxylic acids is 1. The third kappa shape index (κ3) is 4.59. The molecule has 1 aromatic rings. The zero-order valence-corrected chi connectivity index (χ0v) is 12.7. The molecule has 0 radical (unpaired) electrons. The zero-order chi connectivity index (χ0) is 16.0. The highest BCUT2D eigenvalue weighted by Gasteiger charge is 2.15. The van der Waals surface area contributed by atoms with Gasteiger partial charge in [0.25, 0.3) is 0 Å². The first-order valence-corrected chi connectivity index (χ1v) is 6.53. The predicted octanol–water partition coefficient (Wildman–Crippen LogP) is 1.91. The number of carbonyl (C=O) groups excluding carboxylic acids is 1. The minimum Gasteiger partial charge on any atom is -0.478 e. The van der Waals surface area contributed by atoms with Crippen molar-refractivity contribution in [2.24, 2.45) is 4.99 Å². The Morgan fingerprint density at radius 2 is 1.90 bits per heavy atom. The summed E-state index contributed by atoms with van der Waals surface area (Å²) in [5.41, 5.74) is 0.0202. The topological polar surface area (TPSA) is 79.2 Å². The zero-order valence-electron chi connectivity index (χ0n) is 12.7. The summed E-state index contributed by atoms with van der Waals surface area (Å²) in [7, 11) is 3.28. The lowest BCUT2D eigenvalue weighted by Crippen LogP contribution is -2.21. The number of methoxy groups -OCH3 is 1. The number of ether oxygens (including phenoxy) is 1. The van der Waals surface area contributed by atoms with E-state index >= 15 is 0 Å². The molecule has 0 fully saturated rings. The molecule has 1 N–H and O–H groups in total. The number of aliphatic imine (C=N–C) groups is 1. The van der Waals surface area contributed by atoms with E-state index in [4.69, 9.17) is 5.11 Å². The number of carboxylic acid groups (broad SMARTS) is 1. The molecule has 1 aromatic carbocycles. The van der Waals surface area contributed by atoms with Crippen LogP contribution >= 0.6 is 0 Å². The number of benzene rings is 1. The third-order valence-corrected chi connectivity index (χ3v) is 3.06. The van der Waals surface area contributed by atoms with E-state index in [9.17, 15) is 9.59 Å². The largest absolute Gasteiger partial charge is 0.478 e. The monoisotopic (exact) mass is 292 g/mol. The van der Waals surface area contributed by atoms with Gasteiger partial charge in [0.15, 0.2) is 0 Å². The molecule has 114 valence electrons. The molecular formula is C15H20N2O4. The second-order valence-corrected chi connectivity index (χ2v) is 4.75. The van der Waals surface area contributed by atoms with Crippen LogP contribution in [0.25, 0.3) is 0 Å². The quantitative estimate of drug-likeness (QED) is 0.842. The van der Waals surface area contributed by atoms with Gasteiger partial charge in [-0.3, -0.25) is 4.99 Å². The highest BCUT2D eigenvalue weighted by molar-refractivity contribution is 6.02. The Labute approximate surface area is 124 Å². The molecule has 21 heavy (non-hydrogen) atoms. The van der Waals surface area contributed by atoms with Crippen molar-refractivity contribution in [3.63, 3.8) is 0 Å². The maximum atomic E-state index is 11.1. The number of amidine groups is 1. The molecule has 0 aromatic heterocycles. The van der Waals surface area contributed by atoms with E-state index in [2.05, 4.69) is 28.6 Å². The first-order chi connectivity index (χ1) is 9.86. The Balaban J connectivity index is 0.000000235. The van der Waals surface area contributed by atoms with Gasteiger partial charge in [0.1, 0.15) is 0 Å². The number of likely N-dealkylation sites (N-methyl/N-ethyl adjacent to an activating group) is 1. The molecule has 1 atom stereocenters. The van der Waals surface area contributed by atoms with Gasteiger partial charge in [0.2, 0.25) is 0 Å². The highest BCUT2D eigenvalue weighted by atomic mass is 16.5. The van der Waals surface area contributed by atoms with Crippen LogP contribution in [0.4, 0.5) is 0 Å². The molecule has 0 aliphatic carbocycles. The summed E-state index contributed by atoms with van der Waals surface area (Å²) in [6.07, 6.45) is 0. The lowest BCUT2D eigenvalue weighted by molar-refractivity contribution is 0.0582. The van der Waals surface area contributed by atoms with Crippen LogP contribution in [0, 0.1) is 0 Å². The Bertz CT molecular complexity index is 554. The summed E-state index contributed by atoms with van der Waals surface area (Å²) in [5.74, 6) is -0.614. The number of hydrogen-bond donors (Lipinski definition) is 1. The second-order valence-electron chi connectivity index (χ2n) is 4.75. The number of hydrogen-bond acceptors (Lipinski definition) is 5. The van der Waals surface area contributed by atoms with Crippen molar-refractivity contribution < 1.29 is 19.4 Å². The lowest BCUT2D eigenvalue weighted by Gasteiger charge is -2.08. The van der Waals surface area contributed by atoms with Gasteiger partial charge in [-0.2, -0.15) is 0 Å². The number of carbonyl (C=O) groups is 2. The fourth-order valence-electron chi connectivity index (χ4n) is 1.94. The van der Waals surface area contributed by atoms with Crippen molar-refractivity contribution in [2.45, 2.75) is 19.9 Å². The third-order valence-electron chi connectivity index (χ3n) is 3.06. The fourth-order valence-corrected chi connectivity index (χ4v) is 1.94. The maximum absolute atomic E-state index is 11.1. The van der Waals surface area contributed by atoms with Crippen molar-refractivity contribution in [1.29, 1.82) is 0 Å². The lowest BCUT2D eigenvalue weighted by atomic mass is 10.1. The Kier molecular flexibility index (Phi) is 5.90. The van der Waals surface area contributed by atoms with Crippen LogP contribution in [0.1, 0.15) is 34.6 Å². The Morgan fingerprint density at radius 1 is 1.33 bits per heavy atom. The SMILES string of the molecule is CC1=NC(C)CN1C.COC(=O)c1ccccc1C(=O)O.